The van der Waals surface area contributed by atoms with Crippen LogP contribution in [0.4, 0.5) is 0 Å². The van der Waals surface area contributed by atoms with Crippen LogP contribution in [0.15, 0.2) is 182 Å². The van der Waals surface area contributed by atoms with E-state index in [1.807, 2.05) is 0 Å². The Hall–Kier alpha value is -5.49. The zero-order valence-electron chi connectivity index (χ0n) is 49.6. The highest BCUT2D eigenvalue weighted by Crippen LogP contribution is 2.12. The van der Waals surface area contributed by atoms with Crippen LogP contribution in [-0.2, 0) is 28.6 Å². The summed E-state index contributed by atoms with van der Waals surface area (Å²) in [5.74, 6) is -1.04. The minimum atomic E-state index is -0.838. The van der Waals surface area contributed by atoms with E-state index in [0.717, 1.165) is 154 Å². The molecule has 78 heavy (non-hydrogen) atoms. The maximum Gasteiger partial charge on any atom is 0.306 e. The number of carbonyl (C=O) groups excluding carboxylic acids is 3. The van der Waals surface area contributed by atoms with Gasteiger partial charge in [-0.3, -0.25) is 14.4 Å². The van der Waals surface area contributed by atoms with Crippen LogP contribution in [0, 0.1) is 0 Å². The van der Waals surface area contributed by atoms with Crippen LogP contribution in [-0.4, -0.2) is 37.2 Å². The van der Waals surface area contributed by atoms with Crippen molar-refractivity contribution in [1.29, 1.82) is 0 Å². The second kappa shape index (κ2) is 64.0. The predicted octanol–water partition coefficient (Wildman–Crippen LogP) is 21.3. The van der Waals surface area contributed by atoms with Gasteiger partial charge in [-0.1, -0.05) is 242 Å². The Bertz CT molecular complexity index is 1850. The first kappa shape index (κ1) is 72.5. The molecular weight excluding hydrogens is 961 g/mol. The van der Waals surface area contributed by atoms with Gasteiger partial charge in [0.15, 0.2) is 6.10 Å². The van der Waals surface area contributed by atoms with Gasteiger partial charge in [-0.25, -0.2) is 0 Å². The summed E-state index contributed by atoms with van der Waals surface area (Å²) in [7, 11) is 0. The number of rotatable bonds is 53. The standard InChI is InChI=1S/C72H110O6/c1-4-7-10-13-16-19-22-25-27-29-31-33-35-36-38-39-41-43-45-47-50-53-56-59-62-65-71(74)77-68-69(67-76-70(73)64-61-58-55-52-49-24-21-18-15-12-9-6-3)78-72(75)66-63-60-57-54-51-48-46-44-42-40-37-34-32-30-28-26-23-20-17-14-11-8-5-2/h7-8,10-11,16-21,25-28,31-34,36,38,40-43,46-48,50,54,57,69H,4-6,9,12-15,22-24,29-30,35,37,39,44-45,49,51-53,55-56,58-68H2,1-3H3/b10-7-,11-8-,19-16-,20-17-,21-18-,27-25-,28-26-,33-31-,34-32-,38-36-,42-40-,43-41-,48-46-,50-47-,57-54-. The van der Waals surface area contributed by atoms with Crippen LogP contribution in [0.25, 0.3) is 0 Å². The molecule has 1 unspecified atom stereocenters. The lowest BCUT2D eigenvalue weighted by Crippen LogP contribution is -2.30. The average Bonchev–Trinajstić information content (AvgIpc) is 3.44. The predicted molar refractivity (Wildman–Crippen MR) is 338 cm³/mol. The SMILES string of the molecule is CC/C=C\C/C=C\C/C=C\C/C=C\C/C=C\C/C=C\C/C=C\CCCCCC(=O)OCC(COC(=O)CCCCCCC/C=C\CCCCC)OC(=O)CCC/C=C\C/C=C\C/C=C\C/C=C\C/C=C\C/C=C\C/C=C\CC. The van der Waals surface area contributed by atoms with Crippen molar-refractivity contribution in [3.8, 4) is 0 Å². The van der Waals surface area contributed by atoms with Crippen LogP contribution >= 0.6 is 0 Å². The second-order valence-corrected chi connectivity index (χ2v) is 19.5. The van der Waals surface area contributed by atoms with Crippen LogP contribution in [0.5, 0.6) is 0 Å². The third-order valence-corrected chi connectivity index (χ3v) is 12.1. The Kier molecular flexibility index (Phi) is 59.5. The van der Waals surface area contributed by atoms with E-state index in [2.05, 4.69) is 203 Å². The lowest BCUT2D eigenvalue weighted by molar-refractivity contribution is -0.167. The molecule has 0 bridgehead atoms. The van der Waals surface area contributed by atoms with Crippen molar-refractivity contribution < 1.29 is 28.6 Å². The zero-order chi connectivity index (χ0) is 56.4. The molecular formula is C72H110O6. The number of hydrogen-bond acceptors (Lipinski definition) is 6. The van der Waals surface area contributed by atoms with Crippen LogP contribution in [0.3, 0.4) is 0 Å². The number of carbonyl (C=O) groups is 3. The van der Waals surface area contributed by atoms with Gasteiger partial charge in [-0.2, -0.15) is 0 Å². The zero-order valence-corrected chi connectivity index (χ0v) is 49.6. The molecule has 0 heterocycles. The summed E-state index contributed by atoms with van der Waals surface area (Å²) in [4.78, 5) is 38.2. The van der Waals surface area contributed by atoms with E-state index in [-0.39, 0.29) is 37.5 Å². The van der Waals surface area contributed by atoms with Gasteiger partial charge in [0.1, 0.15) is 13.2 Å². The molecule has 0 saturated carbocycles. The Balaban J connectivity index is 4.55. The molecule has 0 amide bonds. The molecule has 0 fully saturated rings. The van der Waals surface area contributed by atoms with E-state index in [1.165, 1.54) is 32.1 Å². The summed E-state index contributed by atoms with van der Waals surface area (Å²) in [6, 6.07) is 0. The summed E-state index contributed by atoms with van der Waals surface area (Å²) in [5.41, 5.74) is 0. The lowest BCUT2D eigenvalue weighted by Gasteiger charge is -2.18. The fourth-order valence-electron chi connectivity index (χ4n) is 7.58. The molecule has 6 nitrogen and oxygen atoms in total. The highest BCUT2D eigenvalue weighted by atomic mass is 16.6. The third kappa shape index (κ3) is 61.4. The van der Waals surface area contributed by atoms with E-state index in [1.54, 1.807) is 0 Å². The molecule has 0 aliphatic heterocycles. The molecule has 0 aliphatic carbocycles. The molecule has 1 atom stereocenters. The summed E-state index contributed by atoms with van der Waals surface area (Å²) in [6.07, 6.45) is 96.1. The first-order valence-electron chi connectivity index (χ1n) is 30.8. The summed E-state index contributed by atoms with van der Waals surface area (Å²) >= 11 is 0. The highest BCUT2D eigenvalue weighted by Gasteiger charge is 2.19. The van der Waals surface area contributed by atoms with E-state index in [9.17, 15) is 14.4 Å². The fourth-order valence-corrected chi connectivity index (χ4v) is 7.58. The maximum atomic E-state index is 12.9. The molecule has 0 radical (unpaired) electrons. The summed E-state index contributed by atoms with van der Waals surface area (Å²) in [6.45, 7) is 6.28. The van der Waals surface area contributed by atoms with Crippen LogP contribution in [0.1, 0.15) is 233 Å². The summed E-state index contributed by atoms with van der Waals surface area (Å²) in [5, 5.41) is 0. The number of hydrogen-bond donors (Lipinski definition) is 0. The highest BCUT2D eigenvalue weighted by molar-refractivity contribution is 5.71. The van der Waals surface area contributed by atoms with Gasteiger partial charge in [-0.05, 0) is 154 Å². The smallest absolute Gasteiger partial charge is 0.306 e. The minimum absolute atomic E-state index is 0.126. The van der Waals surface area contributed by atoms with Gasteiger partial charge in [0.05, 0.1) is 0 Å². The van der Waals surface area contributed by atoms with Crippen molar-refractivity contribution in [2.45, 2.75) is 239 Å². The van der Waals surface area contributed by atoms with Crippen LogP contribution in [0.2, 0.25) is 0 Å². The van der Waals surface area contributed by atoms with Gasteiger partial charge < -0.3 is 14.2 Å². The molecule has 0 spiro atoms. The van der Waals surface area contributed by atoms with Crippen LogP contribution < -0.4 is 0 Å². The fraction of sp³-hybridized carbons (Fsp3) is 0.542. The summed E-state index contributed by atoms with van der Waals surface area (Å²) < 4.78 is 16.8. The molecule has 0 saturated heterocycles. The maximum absolute atomic E-state index is 12.9. The average molecular weight is 1070 g/mol. The van der Waals surface area contributed by atoms with Crippen molar-refractivity contribution in [1.82, 2.24) is 0 Å². The molecule has 0 aromatic rings. The van der Waals surface area contributed by atoms with Gasteiger partial charge >= 0.3 is 17.9 Å². The van der Waals surface area contributed by atoms with Gasteiger partial charge in [0, 0.05) is 19.3 Å². The molecule has 6 heteroatoms. The number of allylic oxidation sites excluding steroid dienone is 30. The van der Waals surface area contributed by atoms with Crippen molar-refractivity contribution in [2.75, 3.05) is 13.2 Å². The van der Waals surface area contributed by atoms with Crippen molar-refractivity contribution in [3.63, 3.8) is 0 Å². The van der Waals surface area contributed by atoms with Crippen molar-refractivity contribution >= 4 is 17.9 Å². The Morgan fingerprint density at radius 2 is 0.513 bits per heavy atom. The minimum Gasteiger partial charge on any atom is -0.462 e. The molecule has 0 N–H and O–H groups in total. The topological polar surface area (TPSA) is 78.9 Å². The molecule has 0 aromatic heterocycles. The molecule has 0 aromatic carbocycles. The molecule has 0 rings (SSSR count). The van der Waals surface area contributed by atoms with Gasteiger partial charge in [0.2, 0.25) is 0 Å². The van der Waals surface area contributed by atoms with E-state index in [0.29, 0.717) is 19.3 Å². The van der Waals surface area contributed by atoms with Crippen molar-refractivity contribution in [2.24, 2.45) is 0 Å². The molecule has 434 valence electrons. The number of unbranched alkanes of at least 4 members (excludes halogenated alkanes) is 12. The molecule has 0 aliphatic rings. The van der Waals surface area contributed by atoms with Gasteiger partial charge in [0.25, 0.3) is 0 Å². The van der Waals surface area contributed by atoms with Crippen molar-refractivity contribution in [3.05, 3.63) is 182 Å². The Morgan fingerprint density at radius 3 is 0.846 bits per heavy atom. The largest absolute Gasteiger partial charge is 0.462 e. The lowest BCUT2D eigenvalue weighted by atomic mass is 10.1. The van der Waals surface area contributed by atoms with Gasteiger partial charge in [-0.15, -0.1) is 0 Å². The normalized spacial score (nSPS) is 13.4. The van der Waals surface area contributed by atoms with E-state index >= 15 is 0 Å². The number of esters is 3. The quantitative estimate of drug-likeness (QED) is 0.0261. The van der Waals surface area contributed by atoms with E-state index < -0.39 is 6.10 Å². The first-order chi connectivity index (χ1) is 38.5. The first-order valence-corrected chi connectivity index (χ1v) is 30.8. The monoisotopic (exact) mass is 1070 g/mol. The Morgan fingerprint density at radius 1 is 0.269 bits per heavy atom. The van der Waals surface area contributed by atoms with E-state index in [4.69, 9.17) is 14.2 Å². The third-order valence-electron chi connectivity index (χ3n) is 12.1. The Labute approximate surface area is 478 Å². The number of ether oxygens (including phenoxy) is 3. The second-order valence-electron chi connectivity index (χ2n) is 19.5.